The summed E-state index contributed by atoms with van der Waals surface area (Å²) in [6.45, 7) is 3.50. The zero-order chi connectivity index (χ0) is 13.9. The highest BCUT2D eigenvalue weighted by Crippen LogP contribution is 2.28. The van der Waals surface area contributed by atoms with E-state index >= 15 is 0 Å². The van der Waals surface area contributed by atoms with E-state index in [0.717, 1.165) is 24.9 Å². The SMILES string of the molecule is CCNCc1ccc(OC)c(S(=O)(=O)NC2CC2)c1. The number of hydrogen-bond acceptors (Lipinski definition) is 4. The lowest BCUT2D eigenvalue weighted by Crippen LogP contribution is -2.26. The van der Waals surface area contributed by atoms with Gasteiger partial charge in [-0.2, -0.15) is 0 Å². The van der Waals surface area contributed by atoms with E-state index in [4.69, 9.17) is 4.74 Å². The molecule has 2 N–H and O–H groups in total. The van der Waals surface area contributed by atoms with Crippen molar-refractivity contribution >= 4 is 10.0 Å². The summed E-state index contributed by atoms with van der Waals surface area (Å²) in [4.78, 5) is 0.220. The summed E-state index contributed by atoms with van der Waals surface area (Å²) >= 11 is 0. The van der Waals surface area contributed by atoms with Gasteiger partial charge in [-0.25, -0.2) is 13.1 Å². The third-order valence-electron chi connectivity index (χ3n) is 3.00. The Morgan fingerprint density at radius 2 is 2.11 bits per heavy atom. The predicted octanol–water partition coefficient (Wildman–Crippen LogP) is 1.25. The third kappa shape index (κ3) is 3.68. The molecule has 6 heteroatoms. The minimum Gasteiger partial charge on any atom is -0.495 e. The maximum atomic E-state index is 12.3. The molecular weight excluding hydrogens is 264 g/mol. The van der Waals surface area contributed by atoms with Gasteiger partial charge in [-0.3, -0.25) is 0 Å². The zero-order valence-electron chi connectivity index (χ0n) is 11.3. The van der Waals surface area contributed by atoms with E-state index in [1.165, 1.54) is 7.11 Å². The van der Waals surface area contributed by atoms with E-state index in [2.05, 4.69) is 10.0 Å². The highest BCUT2D eigenvalue weighted by Gasteiger charge is 2.29. The van der Waals surface area contributed by atoms with Crippen LogP contribution in [0, 0.1) is 0 Å². The van der Waals surface area contributed by atoms with Gasteiger partial charge in [-0.15, -0.1) is 0 Å². The highest BCUT2D eigenvalue weighted by molar-refractivity contribution is 7.89. The normalized spacial score (nSPS) is 15.5. The molecule has 0 radical (unpaired) electrons. The molecule has 0 aromatic heterocycles. The van der Waals surface area contributed by atoms with Crippen LogP contribution < -0.4 is 14.8 Å². The Balaban J connectivity index is 2.29. The Morgan fingerprint density at radius 1 is 1.37 bits per heavy atom. The lowest BCUT2D eigenvalue weighted by molar-refractivity contribution is 0.402. The summed E-state index contributed by atoms with van der Waals surface area (Å²) in [5, 5.41) is 3.18. The van der Waals surface area contributed by atoms with Crippen molar-refractivity contribution in [2.45, 2.75) is 37.2 Å². The van der Waals surface area contributed by atoms with Gasteiger partial charge < -0.3 is 10.1 Å². The molecule has 0 saturated heterocycles. The summed E-state index contributed by atoms with van der Waals surface area (Å²) in [7, 11) is -2.01. The van der Waals surface area contributed by atoms with Gasteiger partial charge in [0.05, 0.1) is 7.11 Å². The average Bonchev–Trinajstić information content (AvgIpc) is 3.19. The smallest absolute Gasteiger partial charge is 0.244 e. The fourth-order valence-electron chi connectivity index (χ4n) is 1.79. The fourth-order valence-corrected chi connectivity index (χ4v) is 3.32. The van der Waals surface area contributed by atoms with Crippen molar-refractivity contribution in [1.29, 1.82) is 0 Å². The van der Waals surface area contributed by atoms with Gasteiger partial charge in [0.1, 0.15) is 10.6 Å². The van der Waals surface area contributed by atoms with Crippen LogP contribution in [0.3, 0.4) is 0 Å². The van der Waals surface area contributed by atoms with E-state index in [1.807, 2.05) is 13.0 Å². The van der Waals surface area contributed by atoms with E-state index < -0.39 is 10.0 Å². The maximum Gasteiger partial charge on any atom is 0.244 e. The first-order chi connectivity index (χ1) is 9.06. The van der Waals surface area contributed by atoms with Crippen molar-refractivity contribution in [3.05, 3.63) is 23.8 Å². The standard InChI is InChI=1S/C13H20N2O3S/c1-3-14-9-10-4-7-12(18-2)13(8-10)19(16,17)15-11-5-6-11/h4,7-8,11,14-15H,3,5-6,9H2,1-2H3. The quantitative estimate of drug-likeness (QED) is 0.790. The largest absolute Gasteiger partial charge is 0.495 e. The first-order valence-electron chi connectivity index (χ1n) is 6.46. The van der Waals surface area contributed by atoms with Crippen LogP contribution in [0.25, 0.3) is 0 Å². The number of methoxy groups -OCH3 is 1. The molecule has 1 aliphatic rings. The van der Waals surface area contributed by atoms with E-state index in [1.54, 1.807) is 12.1 Å². The summed E-state index contributed by atoms with van der Waals surface area (Å²) in [5.41, 5.74) is 0.929. The first kappa shape index (κ1) is 14.3. The van der Waals surface area contributed by atoms with Gasteiger partial charge in [-0.05, 0) is 37.1 Å². The zero-order valence-corrected chi connectivity index (χ0v) is 12.1. The molecule has 0 aliphatic heterocycles. The minimum absolute atomic E-state index is 0.0899. The number of hydrogen-bond donors (Lipinski definition) is 2. The van der Waals surface area contributed by atoms with Crippen LogP contribution >= 0.6 is 0 Å². The van der Waals surface area contributed by atoms with Gasteiger partial charge in [0.15, 0.2) is 0 Å². The van der Waals surface area contributed by atoms with Gasteiger partial charge >= 0.3 is 0 Å². The number of rotatable bonds is 7. The van der Waals surface area contributed by atoms with Crippen molar-refractivity contribution in [1.82, 2.24) is 10.0 Å². The topological polar surface area (TPSA) is 67.4 Å². The van der Waals surface area contributed by atoms with E-state index in [9.17, 15) is 8.42 Å². The van der Waals surface area contributed by atoms with Crippen LogP contribution in [0.5, 0.6) is 5.75 Å². The summed E-state index contributed by atoms with van der Waals surface area (Å²) < 4.78 is 32.4. The molecule has 1 saturated carbocycles. The Morgan fingerprint density at radius 3 is 2.68 bits per heavy atom. The minimum atomic E-state index is -3.49. The molecule has 2 rings (SSSR count). The maximum absolute atomic E-state index is 12.3. The van der Waals surface area contributed by atoms with Crippen LogP contribution in [-0.4, -0.2) is 28.1 Å². The van der Waals surface area contributed by atoms with Crippen LogP contribution in [0.4, 0.5) is 0 Å². The van der Waals surface area contributed by atoms with E-state index in [-0.39, 0.29) is 10.9 Å². The van der Waals surface area contributed by atoms with Crippen molar-refractivity contribution < 1.29 is 13.2 Å². The van der Waals surface area contributed by atoms with Crippen molar-refractivity contribution in [3.63, 3.8) is 0 Å². The highest BCUT2D eigenvalue weighted by atomic mass is 32.2. The van der Waals surface area contributed by atoms with Crippen LogP contribution in [0.15, 0.2) is 23.1 Å². The molecule has 0 spiro atoms. The van der Waals surface area contributed by atoms with Crippen LogP contribution in [0.2, 0.25) is 0 Å². The molecule has 1 fully saturated rings. The number of sulfonamides is 1. The Hall–Kier alpha value is -1.11. The van der Waals surface area contributed by atoms with Gasteiger partial charge in [-0.1, -0.05) is 13.0 Å². The predicted molar refractivity (Wildman–Crippen MR) is 73.7 cm³/mol. The molecular formula is C13H20N2O3S. The van der Waals surface area contributed by atoms with Gasteiger partial charge in [0, 0.05) is 12.6 Å². The lowest BCUT2D eigenvalue weighted by Gasteiger charge is -2.12. The van der Waals surface area contributed by atoms with Crippen molar-refractivity contribution in [2.24, 2.45) is 0 Å². The van der Waals surface area contributed by atoms with Crippen LogP contribution in [0.1, 0.15) is 25.3 Å². The second kappa shape index (κ2) is 5.90. The van der Waals surface area contributed by atoms with Gasteiger partial charge in [0.2, 0.25) is 10.0 Å². The Kier molecular flexibility index (Phi) is 4.44. The molecule has 1 aromatic rings. The average molecular weight is 284 g/mol. The lowest BCUT2D eigenvalue weighted by atomic mass is 10.2. The van der Waals surface area contributed by atoms with Gasteiger partial charge in [0.25, 0.3) is 0 Å². The second-order valence-corrected chi connectivity index (χ2v) is 6.34. The molecule has 1 aliphatic carbocycles. The van der Waals surface area contributed by atoms with Crippen molar-refractivity contribution in [2.75, 3.05) is 13.7 Å². The molecule has 5 nitrogen and oxygen atoms in total. The first-order valence-corrected chi connectivity index (χ1v) is 7.95. The third-order valence-corrected chi connectivity index (χ3v) is 4.54. The van der Waals surface area contributed by atoms with Crippen molar-refractivity contribution in [3.8, 4) is 5.75 Å². The second-order valence-electron chi connectivity index (χ2n) is 4.66. The number of nitrogens with one attached hydrogen (secondary N) is 2. The molecule has 0 amide bonds. The molecule has 106 valence electrons. The Bertz CT molecular complexity index is 539. The molecule has 0 unspecified atom stereocenters. The van der Waals surface area contributed by atoms with Crippen LogP contribution in [-0.2, 0) is 16.6 Å². The monoisotopic (exact) mass is 284 g/mol. The summed E-state index contributed by atoms with van der Waals surface area (Å²) in [6.07, 6.45) is 1.83. The van der Waals surface area contributed by atoms with E-state index in [0.29, 0.717) is 12.3 Å². The molecule has 0 bridgehead atoms. The summed E-state index contributed by atoms with van der Waals surface area (Å²) in [6, 6.07) is 5.34. The molecule has 0 atom stereocenters. The molecule has 19 heavy (non-hydrogen) atoms. The number of ether oxygens (including phenoxy) is 1. The fraction of sp³-hybridized carbons (Fsp3) is 0.538. The molecule has 1 aromatic carbocycles. The Labute approximate surface area is 114 Å². The summed E-state index contributed by atoms with van der Waals surface area (Å²) in [5.74, 6) is 0.383. The number of benzene rings is 1. The molecule has 0 heterocycles.